The van der Waals surface area contributed by atoms with Crippen molar-refractivity contribution in [1.29, 1.82) is 0 Å². The highest BCUT2D eigenvalue weighted by Crippen LogP contribution is 2.20. The molecule has 1 aliphatic rings. The summed E-state index contributed by atoms with van der Waals surface area (Å²) in [5, 5.41) is 4.46. The molecule has 0 aliphatic heterocycles. The van der Waals surface area contributed by atoms with Crippen molar-refractivity contribution in [3.8, 4) is 0 Å². The van der Waals surface area contributed by atoms with Gasteiger partial charge in [0.1, 0.15) is 17.5 Å². The molecular weight excluding hydrogens is 220 g/mol. The first-order chi connectivity index (χ1) is 7.43. The fourth-order valence-electron chi connectivity index (χ4n) is 1.81. The van der Waals surface area contributed by atoms with Gasteiger partial charge in [0.15, 0.2) is 8.96 Å². The van der Waals surface area contributed by atoms with Crippen molar-refractivity contribution >= 4 is 26.2 Å². The van der Waals surface area contributed by atoms with E-state index >= 15 is 0 Å². The third kappa shape index (κ3) is 3.01. The summed E-state index contributed by atoms with van der Waals surface area (Å²) in [6, 6.07) is 0. The summed E-state index contributed by atoms with van der Waals surface area (Å²) >= 11 is 0. The molecule has 0 spiro atoms. The molecule has 0 heterocycles. The predicted molar refractivity (Wildman–Crippen MR) is 67.1 cm³/mol. The summed E-state index contributed by atoms with van der Waals surface area (Å²) in [5.74, 6) is -0.595. The zero-order valence-electron chi connectivity index (χ0n) is 10.5. The normalized spacial score (nSPS) is 23.9. The molecule has 5 heteroatoms. The SMILES string of the molecule is CC(=O)C1C(=O)CCCC1=NN(C)[SiH](C)C. The molecule has 1 saturated carbocycles. The number of carbonyl (C=O) groups is 2. The summed E-state index contributed by atoms with van der Waals surface area (Å²) in [6.07, 6.45) is 2.13. The van der Waals surface area contributed by atoms with Gasteiger partial charge in [-0.2, -0.15) is 5.10 Å². The smallest absolute Gasteiger partial charge is 0.156 e. The van der Waals surface area contributed by atoms with E-state index in [1.165, 1.54) is 6.92 Å². The van der Waals surface area contributed by atoms with Gasteiger partial charge in [0.2, 0.25) is 0 Å². The van der Waals surface area contributed by atoms with Crippen molar-refractivity contribution in [1.82, 2.24) is 4.67 Å². The molecule has 0 aromatic carbocycles. The molecule has 1 rings (SSSR count). The van der Waals surface area contributed by atoms with Gasteiger partial charge in [0, 0.05) is 13.5 Å². The fraction of sp³-hybridized carbons (Fsp3) is 0.727. The van der Waals surface area contributed by atoms with Gasteiger partial charge in [0.05, 0.1) is 5.71 Å². The van der Waals surface area contributed by atoms with Crippen LogP contribution in [0.25, 0.3) is 0 Å². The molecule has 4 nitrogen and oxygen atoms in total. The molecule has 1 atom stereocenters. The van der Waals surface area contributed by atoms with Crippen LogP contribution in [0.2, 0.25) is 13.1 Å². The Kier molecular flexibility index (Phi) is 4.41. The second kappa shape index (κ2) is 5.38. The number of hydrogen-bond acceptors (Lipinski definition) is 4. The monoisotopic (exact) mass is 240 g/mol. The highest BCUT2D eigenvalue weighted by atomic mass is 28.3. The minimum atomic E-state index is -0.991. The molecule has 0 aromatic rings. The summed E-state index contributed by atoms with van der Waals surface area (Å²) in [4.78, 5) is 23.2. The Morgan fingerprint density at radius 2 is 2.06 bits per heavy atom. The molecule has 0 N–H and O–H groups in total. The van der Waals surface area contributed by atoms with Crippen LogP contribution in [0.5, 0.6) is 0 Å². The van der Waals surface area contributed by atoms with E-state index < -0.39 is 14.9 Å². The fourth-order valence-corrected chi connectivity index (χ4v) is 2.18. The molecule has 0 radical (unpaired) electrons. The number of Topliss-reactive ketones (excluding diaryl/α,β-unsaturated/α-hetero) is 2. The van der Waals surface area contributed by atoms with Gasteiger partial charge in [-0.1, -0.05) is 13.1 Å². The first kappa shape index (κ1) is 13.1. The van der Waals surface area contributed by atoms with Gasteiger partial charge in [-0.05, 0) is 19.8 Å². The third-order valence-electron chi connectivity index (χ3n) is 2.95. The lowest BCUT2D eigenvalue weighted by Gasteiger charge is -2.25. The lowest BCUT2D eigenvalue weighted by Crippen LogP contribution is -2.37. The highest BCUT2D eigenvalue weighted by Gasteiger charge is 2.32. The number of ketones is 2. The molecule has 90 valence electrons. The van der Waals surface area contributed by atoms with E-state index in [-0.39, 0.29) is 11.6 Å². The van der Waals surface area contributed by atoms with E-state index in [0.717, 1.165) is 18.6 Å². The Morgan fingerprint density at radius 3 is 2.56 bits per heavy atom. The maximum Gasteiger partial charge on any atom is 0.156 e. The van der Waals surface area contributed by atoms with Crippen LogP contribution in [0.1, 0.15) is 26.2 Å². The largest absolute Gasteiger partial charge is 0.331 e. The van der Waals surface area contributed by atoms with Crippen molar-refractivity contribution in [2.75, 3.05) is 7.05 Å². The number of carbonyl (C=O) groups excluding carboxylic acids is 2. The van der Waals surface area contributed by atoms with Crippen molar-refractivity contribution in [3.63, 3.8) is 0 Å². The quantitative estimate of drug-likeness (QED) is 0.423. The first-order valence-electron chi connectivity index (χ1n) is 5.77. The van der Waals surface area contributed by atoms with E-state index in [1.54, 1.807) is 0 Å². The number of nitrogens with zero attached hydrogens (tertiary/aromatic N) is 2. The van der Waals surface area contributed by atoms with Crippen LogP contribution >= 0.6 is 0 Å². The Labute approximate surface area is 98.4 Å². The first-order valence-corrected chi connectivity index (χ1v) is 8.59. The summed E-state index contributed by atoms with van der Waals surface area (Å²) in [7, 11) is 0.939. The molecule has 0 bridgehead atoms. The van der Waals surface area contributed by atoms with Crippen LogP contribution in [0.15, 0.2) is 5.10 Å². The van der Waals surface area contributed by atoms with E-state index in [9.17, 15) is 9.59 Å². The molecule has 0 saturated heterocycles. The highest BCUT2D eigenvalue weighted by molar-refractivity contribution is 6.52. The predicted octanol–water partition coefficient (Wildman–Crippen LogP) is 1.22. The van der Waals surface area contributed by atoms with Crippen LogP contribution < -0.4 is 0 Å². The number of hydrazone groups is 1. The molecule has 16 heavy (non-hydrogen) atoms. The van der Waals surface area contributed by atoms with Crippen molar-refractivity contribution in [2.45, 2.75) is 39.3 Å². The number of rotatable bonds is 3. The Balaban J connectivity index is 2.91. The molecule has 0 aromatic heterocycles. The van der Waals surface area contributed by atoms with Crippen LogP contribution in [-0.4, -0.2) is 38.0 Å². The Hall–Kier alpha value is -0.973. The van der Waals surface area contributed by atoms with Crippen LogP contribution in [0.4, 0.5) is 0 Å². The standard InChI is InChI=1S/C11H20N2O2Si/c1-8(14)11-9(6-5-7-10(11)15)12-13(2)16(3)4/h11,16H,5-7H2,1-4H3. The van der Waals surface area contributed by atoms with Crippen molar-refractivity contribution in [2.24, 2.45) is 11.0 Å². The minimum Gasteiger partial charge on any atom is -0.331 e. The molecule has 0 amide bonds. The molecular formula is C11H20N2O2Si. The van der Waals surface area contributed by atoms with Crippen molar-refractivity contribution < 1.29 is 9.59 Å². The van der Waals surface area contributed by atoms with E-state index in [4.69, 9.17) is 0 Å². The summed E-state index contributed by atoms with van der Waals surface area (Å²) in [5.41, 5.74) is 0.771. The van der Waals surface area contributed by atoms with Crippen LogP contribution in [-0.2, 0) is 9.59 Å². The van der Waals surface area contributed by atoms with Crippen molar-refractivity contribution in [3.05, 3.63) is 0 Å². The average Bonchev–Trinajstić information content (AvgIpc) is 2.16. The van der Waals surface area contributed by atoms with Crippen LogP contribution in [0.3, 0.4) is 0 Å². The van der Waals surface area contributed by atoms with Gasteiger partial charge in [-0.15, -0.1) is 0 Å². The van der Waals surface area contributed by atoms with E-state index in [1.807, 2.05) is 11.7 Å². The number of hydrogen-bond donors (Lipinski definition) is 0. The lowest BCUT2D eigenvalue weighted by atomic mass is 9.84. The maximum atomic E-state index is 11.7. The Bertz CT molecular complexity index is 326. The zero-order chi connectivity index (χ0) is 12.3. The van der Waals surface area contributed by atoms with Gasteiger partial charge < -0.3 is 4.67 Å². The molecule has 1 unspecified atom stereocenters. The minimum absolute atomic E-state index is 0.0383. The lowest BCUT2D eigenvalue weighted by molar-refractivity contribution is -0.129. The van der Waals surface area contributed by atoms with Gasteiger partial charge in [-0.25, -0.2) is 0 Å². The van der Waals surface area contributed by atoms with E-state index in [0.29, 0.717) is 6.42 Å². The van der Waals surface area contributed by atoms with E-state index in [2.05, 4.69) is 18.2 Å². The average molecular weight is 240 g/mol. The topological polar surface area (TPSA) is 49.7 Å². The summed E-state index contributed by atoms with van der Waals surface area (Å²) < 4.78 is 1.95. The summed E-state index contributed by atoms with van der Waals surface area (Å²) in [6.45, 7) is 5.81. The van der Waals surface area contributed by atoms with Gasteiger partial charge in [0.25, 0.3) is 0 Å². The molecule has 1 fully saturated rings. The second-order valence-electron chi connectivity index (χ2n) is 4.62. The third-order valence-corrected chi connectivity index (χ3v) is 4.56. The second-order valence-corrected chi connectivity index (χ2v) is 7.56. The zero-order valence-corrected chi connectivity index (χ0v) is 11.6. The van der Waals surface area contributed by atoms with Gasteiger partial charge >= 0.3 is 0 Å². The van der Waals surface area contributed by atoms with Crippen LogP contribution in [0, 0.1) is 5.92 Å². The van der Waals surface area contributed by atoms with Gasteiger partial charge in [-0.3, -0.25) is 9.59 Å². The Morgan fingerprint density at radius 1 is 1.44 bits per heavy atom. The molecule has 1 aliphatic carbocycles. The maximum absolute atomic E-state index is 11.7.